The molecule has 15 heavy (non-hydrogen) atoms. The van der Waals surface area contributed by atoms with Crippen molar-refractivity contribution < 1.29 is 4.74 Å². The molecule has 0 radical (unpaired) electrons. The molecule has 0 saturated carbocycles. The zero-order valence-electron chi connectivity index (χ0n) is 9.32. The molecule has 3 rings (SSSR count). The second-order valence-electron chi connectivity index (χ2n) is 4.70. The van der Waals surface area contributed by atoms with Gasteiger partial charge in [-0.3, -0.25) is 0 Å². The normalized spacial score (nSPS) is 32.7. The molecule has 2 saturated heterocycles. The van der Waals surface area contributed by atoms with E-state index in [1.54, 1.807) is 0 Å². The molecule has 3 nitrogen and oxygen atoms in total. The number of nitrogens with zero attached hydrogens (tertiary/aromatic N) is 2. The lowest BCUT2D eigenvalue weighted by Gasteiger charge is -2.34. The maximum Gasteiger partial charge on any atom is 0.0983 e. The Morgan fingerprint density at radius 2 is 2.00 bits per heavy atom. The lowest BCUT2D eigenvalue weighted by Crippen LogP contribution is -2.41. The Hall–Kier alpha value is -0.540. The fourth-order valence-corrected chi connectivity index (χ4v) is 2.92. The minimum atomic E-state index is 0.396. The zero-order chi connectivity index (χ0) is 10.1. The molecule has 84 valence electrons. The van der Waals surface area contributed by atoms with E-state index in [0.717, 1.165) is 6.61 Å². The minimum Gasteiger partial charge on any atom is -0.372 e. The molecule has 1 atom stereocenters. The van der Waals surface area contributed by atoms with Gasteiger partial charge in [-0.25, -0.2) is 5.01 Å². The molecule has 3 heterocycles. The molecule has 0 spiro atoms. The van der Waals surface area contributed by atoms with Crippen LogP contribution in [-0.4, -0.2) is 42.4 Å². The average Bonchev–Trinajstić information content (AvgIpc) is 3.01. The Bertz CT molecular complexity index is 252. The summed E-state index contributed by atoms with van der Waals surface area (Å²) >= 11 is 0. The molecule has 1 unspecified atom stereocenters. The standard InChI is InChI=1S/C12H20N2O/c1-2-8-13(7-1)14-9-3-5-11(14)12-6-4-10-15-12/h5,12H,1-4,6-10H2. The van der Waals surface area contributed by atoms with Crippen LogP contribution in [0, 0.1) is 0 Å². The summed E-state index contributed by atoms with van der Waals surface area (Å²) < 4.78 is 5.79. The van der Waals surface area contributed by atoms with Gasteiger partial charge in [0, 0.05) is 26.2 Å². The first-order valence-electron chi connectivity index (χ1n) is 6.29. The Morgan fingerprint density at radius 1 is 1.13 bits per heavy atom. The highest BCUT2D eigenvalue weighted by atomic mass is 16.5. The summed E-state index contributed by atoms with van der Waals surface area (Å²) in [5, 5.41) is 5.00. The molecular weight excluding hydrogens is 188 g/mol. The monoisotopic (exact) mass is 208 g/mol. The van der Waals surface area contributed by atoms with Crippen molar-refractivity contribution in [3.05, 3.63) is 11.8 Å². The lowest BCUT2D eigenvalue weighted by atomic mass is 10.2. The van der Waals surface area contributed by atoms with Gasteiger partial charge in [-0.2, -0.15) is 0 Å². The van der Waals surface area contributed by atoms with E-state index in [-0.39, 0.29) is 0 Å². The van der Waals surface area contributed by atoms with Crippen LogP contribution in [0.15, 0.2) is 11.8 Å². The molecule has 0 aromatic heterocycles. The highest BCUT2D eigenvalue weighted by Gasteiger charge is 2.31. The second-order valence-corrected chi connectivity index (χ2v) is 4.70. The van der Waals surface area contributed by atoms with E-state index < -0.39 is 0 Å². The van der Waals surface area contributed by atoms with Gasteiger partial charge in [-0.15, -0.1) is 0 Å². The first-order chi connectivity index (χ1) is 7.45. The fraction of sp³-hybridized carbons (Fsp3) is 0.833. The van der Waals surface area contributed by atoms with Crippen LogP contribution in [0.5, 0.6) is 0 Å². The SMILES string of the molecule is C1=C(C2CCCO2)N(N2CCCC2)CC1. The van der Waals surface area contributed by atoms with Gasteiger partial charge in [0.2, 0.25) is 0 Å². The smallest absolute Gasteiger partial charge is 0.0983 e. The summed E-state index contributed by atoms with van der Waals surface area (Å²) in [6.07, 6.45) is 9.14. The van der Waals surface area contributed by atoms with E-state index in [4.69, 9.17) is 4.74 Å². The van der Waals surface area contributed by atoms with E-state index >= 15 is 0 Å². The number of hydrazine groups is 1. The fourth-order valence-electron chi connectivity index (χ4n) is 2.92. The number of hydrogen-bond donors (Lipinski definition) is 0. The van der Waals surface area contributed by atoms with Gasteiger partial charge in [0.1, 0.15) is 0 Å². The summed E-state index contributed by atoms with van der Waals surface area (Å²) in [5.41, 5.74) is 1.45. The van der Waals surface area contributed by atoms with Crippen molar-refractivity contribution >= 4 is 0 Å². The molecule has 0 aromatic rings. The third kappa shape index (κ3) is 1.79. The summed E-state index contributed by atoms with van der Waals surface area (Å²) in [7, 11) is 0. The van der Waals surface area contributed by atoms with Gasteiger partial charge in [0.05, 0.1) is 11.8 Å². The van der Waals surface area contributed by atoms with E-state index in [9.17, 15) is 0 Å². The number of rotatable bonds is 2. The van der Waals surface area contributed by atoms with E-state index in [0.29, 0.717) is 6.10 Å². The van der Waals surface area contributed by atoms with Crippen LogP contribution in [0.3, 0.4) is 0 Å². The first-order valence-corrected chi connectivity index (χ1v) is 6.29. The van der Waals surface area contributed by atoms with Crippen molar-refractivity contribution in [1.82, 2.24) is 10.0 Å². The predicted octanol–water partition coefficient (Wildman–Crippen LogP) is 1.77. The van der Waals surface area contributed by atoms with E-state index in [1.165, 1.54) is 57.4 Å². The molecule has 0 amide bonds. The summed E-state index contributed by atoms with van der Waals surface area (Å²) in [5.74, 6) is 0. The summed E-state index contributed by atoms with van der Waals surface area (Å²) in [6, 6.07) is 0. The predicted molar refractivity (Wildman–Crippen MR) is 59.2 cm³/mol. The van der Waals surface area contributed by atoms with Crippen LogP contribution in [0.25, 0.3) is 0 Å². The van der Waals surface area contributed by atoms with Crippen molar-refractivity contribution in [2.24, 2.45) is 0 Å². The molecule has 0 aliphatic carbocycles. The molecule has 0 bridgehead atoms. The van der Waals surface area contributed by atoms with Crippen molar-refractivity contribution in [3.8, 4) is 0 Å². The highest BCUT2D eigenvalue weighted by Crippen LogP contribution is 2.29. The topological polar surface area (TPSA) is 15.7 Å². The van der Waals surface area contributed by atoms with Gasteiger partial charge in [0.15, 0.2) is 0 Å². The molecule has 2 fully saturated rings. The largest absolute Gasteiger partial charge is 0.372 e. The maximum absolute atomic E-state index is 5.79. The Balaban J connectivity index is 1.70. The third-order valence-corrected chi connectivity index (χ3v) is 3.68. The minimum absolute atomic E-state index is 0.396. The Labute approximate surface area is 91.6 Å². The van der Waals surface area contributed by atoms with Crippen molar-refractivity contribution in [2.75, 3.05) is 26.2 Å². The van der Waals surface area contributed by atoms with Crippen LogP contribution in [0.1, 0.15) is 32.1 Å². The Kier molecular flexibility index (Phi) is 2.67. The third-order valence-electron chi connectivity index (χ3n) is 3.68. The van der Waals surface area contributed by atoms with Crippen molar-refractivity contribution in [2.45, 2.75) is 38.2 Å². The van der Waals surface area contributed by atoms with E-state index in [1.807, 2.05) is 0 Å². The van der Waals surface area contributed by atoms with Crippen LogP contribution >= 0.6 is 0 Å². The molecule has 3 aliphatic rings. The van der Waals surface area contributed by atoms with Crippen LogP contribution < -0.4 is 0 Å². The quantitative estimate of drug-likeness (QED) is 0.688. The van der Waals surface area contributed by atoms with E-state index in [2.05, 4.69) is 16.1 Å². The van der Waals surface area contributed by atoms with Gasteiger partial charge < -0.3 is 9.75 Å². The lowest BCUT2D eigenvalue weighted by molar-refractivity contribution is 0.00936. The van der Waals surface area contributed by atoms with Gasteiger partial charge >= 0.3 is 0 Å². The number of ether oxygens (including phenoxy) is 1. The number of hydrogen-bond acceptors (Lipinski definition) is 3. The Morgan fingerprint density at radius 3 is 2.73 bits per heavy atom. The first kappa shape index (κ1) is 9.67. The van der Waals surface area contributed by atoms with Gasteiger partial charge in [-0.05, 0) is 32.1 Å². The maximum atomic E-state index is 5.79. The van der Waals surface area contributed by atoms with Crippen LogP contribution in [-0.2, 0) is 4.74 Å². The van der Waals surface area contributed by atoms with Gasteiger partial charge in [-0.1, -0.05) is 6.08 Å². The molecule has 0 N–H and O–H groups in total. The van der Waals surface area contributed by atoms with Crippen LogP contribution in [0.2, 0.25) is 0 Å². The molecule has 0 aromatic carbocycles. The highest BCUT2D eigenvalue weighted by molar-refractivity contribution is 5.13. The van der Waals surface area contributed by atoms with Gasteiger partial charge in [0.25, 0.3) is 0 Å². The van der Waals surface area contributed by atoms with Crippen molar-refractivity contribution in [3.63, 3.8) is 0 Å². The zero-order valence-corrected chi connectivity index (χ0v) is 9.32. The van der Waals surface area contributed by atoms with Crippen LogP contribution in [0.4, 0.5) is 0 Å². The second kappa shape index (κ2) is 4.14. The molecule has 3 aliphatic heterocycles. The molecule has 3 heteroatoms. The molecular formula is C12H20N2O. The average molecular weight is 208 g/mol. The summed E-state index contributed by atoms with van der Waals surface area (Å²) in [4.78, 5) is 0. The summed E-state index contributed by atoms with van der Waals surface area (Å²) in [6.45, 7) is 4.61. The van der Waals surface area contributed by atoms with Crippen molar-refractivity contribution in [1.29, 1.82) is 0 Å².